The summed E-state index contributed by atoms with van der Waals surface area (Å²) < 4.78 is 40.7. The summed E-state index contributed by atoms with van der Waals surface area (Å²) in [5, 5.41) is 0. The molecule has 0 bridgehead atoms. The second-order valence-corrected chi connectivity index (χ2v) is 10.4. The summed E-state index contributed by atoms with van der Waals surface area (Å²) >= 11 is 0. The molecule has 1 aromatic carbocycles. The first-order chi connectivity index (χ1) is 15.8. The summed E-state index contributed by atoms with van der Waals surface area (Å²) in [6.07, 6.45) is 1.41. The lowest BCUT2D eigenvalue weighted by Gasteiger charge is -2.46. The Balaban J connectivity index is 1.59. The number of benzene rings is 1. The molecule has 1 aromatic heterocycles. The highest BCUT2D eigenvalue weighted by molar-refractivity contribution is 7.90. The molecule has 2 aliphatic rings. The molecule has 10 heteroatoms. The van der Waals surface area contributed by atoms with E-state index >= 15 is 0 Å². The van der Waals surface area contributed by atoms with Crippen molar-refractivity contribution in [1.82, 2.24) is 14.2 Å². The summed E-state index contributed by atoms with van der Waals surface area (Å²) in [7, 11) is -2.51. The van der Waals surface area contributed by atoms with Crippen LogP contribution in [0.4, 0.5) is 5.69 Å². The number of esters is 1. The molecule has 4 rings (SSSR count). The lowest BCUT2D eigenvalue weighted by atomic mass is 10.1. The SMILES string of the molecule is COC(=O)c1ccc(CN(c2cccc(C)c2)S(=O)(=O)N2CCN(C3COC3)[C@H](C)C2)nc1. The minimum atomic E-state index is -3.82. The number of methoxy groups -OCH3 is 1. The molecule has 0 amide bonds. The number of ether oxygens (including phenoxy) is 2. The molecular formula is C23H30N4O5S. The third-order valence-corrected chi connectivity index (χ3v) is 8.06. The Kier molecular flexibility index (Phi) is 6.99. The third-order valence-electron chi connectivity index (χ3n) is 6.18. The first-order valence-corrected chi connectivity index (χ1v) is 12.4. The fraction of sp³-hybridized carbons (Fsp3) is 0.478. The Hall–Kier alpha value is -2.53. The van der Waals surface area contributed by atoms with Crippen molar-refractivity contribution in [3.05, 3.63) is 59.4 Å². The van der Waals surface area contributed by atoms with Crippen molar-refractivity contribution in [2.75, 3.05) is 44.3 Å². The minimum Gasteiger partial charge on any atom is -0.465 e. The number of nitrogens with zero attached hydrogens (tertiary/aromatic N) is 4. The van der Waals surface area contributed by atoms with E-state index < -0.39 is 16.2 Å². The maximum Gasteiger partial charge on any atom is 0.339 e. The monoisotopic (exact) mass is 474 g/mol. The minimum absolute atomic E-state index is 0.0539. The maximum absolute atomic E-state index is 13.8. The second kappa shape index (κ2) is 9.76. The Labute approximate surface area is 195 Å². The summed E-state index contributed by atoms with van der Waals surface area (Å²) in [6.45, 7) is 6.96. The predicted molar refractivity (Wildman–Crippen MR) is 124 cm³/mol. The van der Waals surface area contributed by atoms with Crippen LogP contribution in [-0.2, 0) is 26.2 Å². The molecule has 2 fully saturated rings. The van der Waals surface area contributed by atoms with Crippen molar-refractivity contribution >= 4 is 21.9 Å². The van der Waals surface area contributed by atoms with Gasteiger partial charge in [0.1, 0.15) is 0 Å². The topological polar surface area (TPSA) is 92.3 Å². The van der Waals surface area contributed by atoms with Crippen LogP contribution >= 0.6 is 0 Å². The number of piperazine rings is 1. The highest BCUT2D eigenvalue weighted by atomic mass is 32.2. The van der Waals surface area contributed by atoms with Crippen LogP contribution in [-0.4, -0.2) is 80.6 Å². The number of pyridine rings is 1. The van der Waals surface area contributed by atoms with E-state index in [1.54, 1.807) is 22.5 Å². The van der Waals surface area contributed by atoms with E-state index in [1.165, 1.54) is 17.6 Å². The second-order valence-electron chi connectivity index (χ2n) is 8.52. The molecule has 33 heavy (non-hydrogen) atoms. The van der Waals surface area contributed by atoms with Crippen LogP contribution in [0.1, 0.15) is 28.5 Å². The summed E-state index contributed by atoms with van der Waals surface area (Å²) in [6, 6.07) is 11.1. The number of rotatable bonds is 7. The fourth-order valence-corrected chi connectivity index (χ4v) is 5.91. The molecule has 0 unspecified atom stereocenters. The first kappa shape index (κ1) is 23.6. The molecule has 0 saturated carbocycles. The number of aromatic nitrogens is 1. The Morgan fingerprint density at radius 2 is 2.03 bits per heavy atom. The Morgan fingerprint density at radius 1 is 1.24 bits per heavy atom. The van der Waals surface area contributed by atoms with E-state index in [9.17, 15) is 13.2 Å². The smallest absolute Gasteiger partial charge is 0.339 e. The van der Waals surface area contributed by atoms with Crippen LogP contribution in [0.2, 0.25) is 0 Å². The van der Waals surface area contributed by atoms with Gasteiger partial charge in [-0.1, -0.05) is 12.1 Å². The van der Waals surface area contributed by atoms with Gasteiger partial charge >= 0.3 is 16.2 Å². The van der Waals surface area contributed by atoms with Gasteiger partial charge in [0.05, 0.1) is 49.9 Å². The number of carbonyl (C=O) groups excluding carboxylic acids is 1. The van der Waals surface area contributed by atoms with Gasteiger partial charge in [0.25, 0.3) is 0 Å². The van der Waals surface area contributed by atoms with Gasteiger partial charge < -0.3 is 9.47 Å². The quantitative estimate of drug-likeness (QED) is 0.566. The van der Waals surface area contributed by atoms with E-state index in [0.717, 1.165) is 5.56 Å². The average molecular weight is 475 g/mol. The molecule has 2 aromatic rings. The summed E-state index contributed by atoms with van der Waals surface area (Å²) in [5.74, 6) is -0.485. The van der Waals surface area contributed by atoms with Crippen LogP contribution in [0.5, 0.6) is 0 Å². The Bertz CT molecular complexity index is 1090. The van der Waals surface area contributed by atoms with Gasteiger partial charge in [0, 0.05) is 31.9 Å². The van der Waals surface area contributed by atoms with Gasteiger partial charge in [-0.25, -0.2) is 4.79 Å². The van der Waals surface area contributed by atoms with Crippen LogP contribution in [0.25, 0.3) is 0 Å². The number of hydrogen-bond acceptors (Lipinski definition) is 7. The first-order valence-electron chi connectivity index (χ1n) is 11.0. The average Bonchev–Trinajstić information content (AvgIpc) is 2.77. The molecule has 2 saturated heterocycles. The molecule has 0 spiro atoms. The standard InChI is InChI=1S/C23H30N4O5S/c1-17-5-4-6-21(11-17)27(14-20-8-7-19(12-24-20)23(28)31-3)33(29,30)25-9-10-26(18(2)13-25)22-15-32-16-22/h4-8,11-12,18,22H,9-10,13-16H2,1-3H3/t18-/m1/s1. The van der Waals surface area contributed by atoms with Gasteiger partial charge in [-0.2, -0.15) is 12.7 Å². The van der Waals surface area contributed by atoms with Gasteiger partial charge in [0.15, 0.2) is 0 Å². The van der Waals surface area contributed by atoms with Crippen LogP contribution in [0.15, 0.2) is 42.6 Å². The molecule has 0 aliphatic carbocycles. The lowest BCUT2D eigenvalue weighted by molar-refractivity contribution is -0.0873. The van der Waals surface area contributed by atoms with E-state index in [-0.39, 0.29) is 12.6 Å². The highest BCUT2D eigenvalue weighted by Crippen LogP contribution is 2.27. The van der Waals surface area contributed by atoms with Crippen LogP contribution in [0.3, 0.4) is 0 Å². The van der Waals surface area contributed by atoms with Crippen molar-refractivity contribution in [3.8, 4) is 0 Å². The van der Waals surface area contributed by atoms with Gasteiger partial charge in [-0.05, 0) is 43.7 Å². The van der Waals surface area contributed by atoms with E-state index in [1.807, 2.05) is 25.1 Å². The molecule has 178 valence electrons. The summed E-state index contributed by atoms with van der Waals surface area (Å²) in [5.41, 5.74) is 2.39. The zero-order chi connectivity index (χ0) is 23.6. The lowest BCUT2D eigenvalue weighted by Crippen LogP contribution is -2.62. The third kappa shape index (κ3) is 5.03. The molecule has 2 aliphatic heterocycles. The predicted octanol–water partition coefficient (Wildman–Crippen LogP) is 1.83. The number of carbonyl (C=O) groups is 1. The number of anilines is 1. The molecule has 0 N–H and O–H groups in total. The van der Waals surface area contributed by atoms with Crippen molar-refractivity contribution in [1.29, 1.82) is 0 Å². The van der Waals surface area contributed by atoms with E-state index in [2.05, 4.69) is 16.8 Å². The number of aryl methyl sites for hydroxylation is 1. The van der Waals surface area contributed by atoms with Crippen LogP contribution in [0, 0.1) is 6.92 Å². The Morgan fingerprint density at radius 3 is 2.61 bits per heavy atom. The highest BCUT2D eigenvalue weighted by Gasteiger charge is 2.39. The molecule has 1 atom stereocenters. The van der Waals surface area contributed by atoms with E-state index in [0.29, 0.717) is 55.8 Å². The van der Waals surface area contributed by atoms with Crippen LogP contribution < -0.4 is 4.31 Å². The molecule has 9 nitrogen and oxygen atoms in total. The zero-order valence-electron chi connectivity index (χ0n) is 19.2. The molecule has 3 heterocycles. The van der Waals surface area contributed by atoms with Crippen molar-refractivity contribution in [3.63, 3.8) is 0 Å². The van der Waals surface area contributed by atoms with Crippen molar-refractivity contribution < 1.29 is 22.7 Å². The van der Waals surface area contributed by atoms with Gasteiger partial charge in [-0.3, -0.25) is 14.2 Å². The van der Waals surface area contributed by atoms with Crippen molar-refractivity contribution in [2.24, 2.45) is 0 Å². The zero-order valence-corrected chi connectivity index (χ0v) is 20.0. The van der Waals surface area contributed by atoms with E-state index in [4.69, 9.17) is 9.47 Å². The number of hydrogen-bond donors (Lipinski definition) is 0. The molecule has 0 radical (unpaired) electrons. The normalized spacial score (nSPS) is 20.3. The molecular weight excluding hydrogens is 444 g/mol. The van der Waals surface area contributed by atoms with Gasteiger partial charge in [0.2, 0.25) is 0 Å². The van der Waals surface area contributed by atoms with Gasteiger partial charge in [-0.15, -0.1) is 0 Å². The summed E-state index contributed by atoms with van der Waals surface area (Å²) in [4.78, 5) is 18.4. The largest absolute Gasteiger partial charge is 0.465 e. The van der Waals surface area contributed by atoms with Crippen molar-refractivity contribution in [2.45, 2.75) is 32.5 Å². The fourth-order valence-electron chi connectivity index (χ4n) is 4.24. The maximum atomic E-state index is 13.8.